The first kappa shape index (κ1) is 15.4. The summed E-state index contributed by atoms with van der Waals surface area (Å²) in [5.74, 6) is -0.161. The predicted octanol–water partition coefficient (Wildman–Crippen LogP) is 2.42. The third-order valence-corrected chi connectivity index (χ3v) is 4.41. The first-order valence-corrected chi connectivity index (χ1v) is 8.37. The van der Waals surface area contributed by atoms with Crippen LogP contribution in [0.5, 0.6) is 0 Å². The number of nitrogens with one attached hydrogen (secondary N) is 1. The van der Waals surface area contributed by atoms with Crippen molar-refractivity contribution in [1.82, 2.24) is 28.8 Å². The minimum absolute atomic E-state index is 0.161. The van der Waals surface area contributed by atoms with Gasteiger partial charge < -0.3 is 5.32 Å². The maximum Gasteiger partial charge on any atom is 0.251 e. The number of amides is 1. The van der Waals surface area contributed by atoms with Gasteiger partial charge in [0.2, 0.25) is 0 Å². The highest BCUT2D eigenvalue weighted by Crippen LogP contribution is 2.19. The van der Waals surface area contributed by atoms with Crippen molar-refractivity contribution in [3.8, 4) is 11.3 Å². The van der Waals surface area contributed by atoms with Crippen LogP contribution in [0.3, 0.4) is 0 Å². The summed E-state index contributed by atoms with van der Waals surface area (Å²) < 4.78 is 10.1. The molecule has 25 heavy (non-hydrogen) atoms. The van der Waals surface area contributed by atoms with E-state index in [4.69, 9.17) is 0 Å². The first-order chi connectivity index (χ1) is 12.2. The van der Waals surface area contributed by atoms with E-state index in [0.29, 0.717) is 12.1 Å². The molecule has 0 fully saturated rings. The van der Waals surface area contributed by atoms with E-state index in [0.717, 1.165) is 39.7 Å². The standard InChI is InChI=1S/C17H14N6OS/c1-23-16(11-4-6-18-7-5-11)9-13(20-23)10-19-17(24)12-2-3-14-15(8-12)22-25-21-14/h2-9H,10H2,1H3,(H,19,24). The number of carbonyl (C=O) groups is 1. The summed E-state index contributed by atoms with van der Waals surface area (Å²) in [6.45, 7) is 0.352. The molecule has 7 nitrogen and oxygen atoms in total. The lowest BCUT2D eigenvalue weighted by atomic mass is 10.2. The molecule has 0 saturated carbocycles. The van der Waals surface area contributed by atoms with Gasteiger partial charge in [0, 0.05) is 30.6 Å². The molecule has 124 valence electrons. The fraction of sp³-hybridized carbons (Fsp3) is 0.118. The number of fused-ring (bicyclic) bond motifs is 1. The van der Waals surface area contributed by atoms with Crippen molar-refractivity contribution in [3.63, 3.8) is 0 Å². The fourth-order valence-corrected chi connectivity index (χ4v) is 3.12. The van der Waals surface area contributed by atoms with Gasteiger partial charge in [-0.1, -0.05) is 0 Å². The van der Waals surface area contributed by atoms with E-state index < -0.39 is 0 Å². The van der Waals surface area contributed by atoms with Crippen molar-refractivity contribution in [2.45, 2.75) is 6.54 Å². The van der Waals surface area contributed by atoms with Crippen molar-refractivity contribution in [2.24, 2.45) is 7.05 Å². The summed E-state index contributed by atoms with van der Waals surface area (Å²) in [5, 5.41) is 7.35. The molecule has 0 spiro atoms. The quantitative estimate of drug-likeness (QED) is 0.611. The molecule has 1 N–H and O–H groups in total. The Labute approximate surface area is 147 Å². The topological polar surface area (TPSA) is 85.6 Å². The van der Waals surface area contributed by atoms with Crippen molar-refractivity contribution >= 4 is 28.7 Å². The molecule has 1 amide bonds. The maximum atomic E-state index is 12.3. The third kappa shape index (κ3) is 3.11. The monoisotopic (exact) mass is 350 g/mol. The minimum Gasteiger partial charge on any atom is -0.346 e. The van der Waals surface area contributed by atoms with Crippen LogP contribution in [0.25, 0.3) is 22.3 Å². The van der Waals surface area contributed by atoms with Crippen molar-refractivity contribution in [1.29, 1.82) is 0 Å². The Morgan fingerprint density at radius 2 is 1.92 bits per heavy atom. The van der Waals surface area contributed by atoms with Gasteiger partial charge in [0.15, 0.2) is 0 Å². The summed E-state index contributed by atoms with van der Waals surface area (Å²) in [4.78, 5) is 16.4. The van der Waals surface area contributed by atoms with Gasteiger partial charge in [0.05, 0.1) is 29.7 Å². The van der Waals surface area contributed by atoms with E-state index in [1.165, 1.54) is 0 Å². The molecule has 4 rings (SSSR count). The van der Waals surface area contributed by atoms with Gasteiger partial charge in [0.1, 0.15) is 11.0 Å². The van der Waals surface area contributed by atoms with Gasteiger partial charge >= 0.3 is 0 Å². The molecule has 0 aliphatic heterocycles. The molecule has 8 heteroatoms. The SMILES string of the molecule is Cn1nc(CNC(=O)c2ccc3nsnc3c2)cc1-c1ccncc1. The smallest absolute Gasteiger partial charge is 0.251 e. The lowest BCUT2D eigenvalue weighted by Crippen LogP contribution is -2.23. The van der Waals surface area contributed by atoms with Crippen LogP contribution in [-0.2, 0) is 13.6 Å². The van der Waals surface area contributed by atoms with Crippen LogP contribution in [0.4, 0.5) is 0 Å². The number of benzene rings is 1. The van der Waals surface area contributed by atoms with Crippen LogP contribution in [0, 0.1) is 0 Å². The molecule has 0 radical (unpaired) electrons. The Kier molecular flexibility index (Phi) is 3.95. The average molecular weight is 350 g/mol. The highest BCUT2D eigenvalue weighted by atomic mass is 32.1. The van der Waals surface area contributed by atoms with E-state index >= 15 is 0 Å². The molecule has 0 saturated heterocycles. The molecular weight excluding hydrogens is 336 g/mol. The van der Waals surface area contributed by atoms with Gasteiger partial charge in [-0.05, 0) is 36.4 Å². The van der Waals surface area contributed by atoms with E-state index in [2.05, 4.69) is 24.1 Å². The normalized spacial score (nSPS) is 10.9. The molecule has 0 atom stereocenters. The molecule has 0 aliphatic carbocycles. The van der Waals surface area contributed by atoms with Crippen molar-refractivity contribution in [3.05, 3.63) is 60.0 Å². The lowest BCUT2D eigenvalue weighted by molar-refractivity contribution is 0.0950. The second kappa shape index (κ2) is 6.40. The van der Waals surface area contributed by atoms with Crippen LogP contribution < -0.4 is 5.32 Å². The van der Waals surface area contributed by atoms with E-state index in [-0.39, 0.29) is 5.91 Å². The largest absolute Gasteiger partial charge is 0.346 e. The average Bonchev–Trinajstić information content (AvgIpc) is 3.26. The fourth-order valence-electron chi connectivity index (χ4n) is 2.60. The zero-order valence-corrected chi connectivity index (χ0v) is 14.2. The second-order valence-corrected chi connectivity index (χ2v) is 6.06. The molecular formula is C17H14N6OS. The van der Waals surface area contributed by atoms with Crippen LogP contribution >= 0.6 is 11.7 Å². The second-order valence-electron chi connectivity index (χ2n) is 5.53. The number of aryl methyl sites for hydroxylation is 1. The Balaban J connectivity index is 1.48. The molecule has 4 aromatic rings. The molecule has 0 bridgehead atoms. The maximum absolute atomic E-state index is 12.3. The Morgan fingerprint density at radius 1 is 1.12 bits per heavy atom. The Morgan fingerprint density at radius 3 is 2.76 bits per heavy atom. The van der Waals surface area contributed by atoms with Gasteiger partial charge in [-0.15, -0.1) is 0 Å². The highest BCUT2D eigenvalue weighted by molar-refractivity contribution is 7.00. The van der Waals surface area contributed by atoms with Crippen molar-refractivity contribution < 1.29 is 4.79 Å². The van der Waals surface area contributed by atoms with Crippen LogP contribution in [-0.4, -0.2) is 29.4 Å². The summed E-state index contributed by atoms with van der Waals surface area (Å²) in [5.41, 5.74) is 4.89. The van der Waals surface area contributed by atoms with Gasteiger partial charge in [0.25, 0.3) is 5.91 Å². The molecule has 0 unspecified atom stereocenters. The van der Waals surface area contributed by atoms with Crippen molar-refractivity contribution in [2.75, 3.05) is 0 Å². The van der Waals surface area contributed by atoms with E-state index in [9.17, 15) is 4.79 Å². The molecule has 3 heterocycles. The molecule has 3 aromatic heterocycles. The Bertz CT molecular complexity index is 1040. The zero-order valence-electron chi connectivity index (χ0n) is 13.4. The zero-order chi connectivity index (χ0) is 17.2. The predicted molar refractivity (Wildman–Crippen MR) is 95.0 cm³/mol. The number of hydrogen-bond donors (Lipinski definition) is 1. The van der Waals surface area contributed by atoms with E-state index in [1.54, 1.807) is 35.3 Å². The molecule has 0 aliphatic rings. The number of pyridine rings is 1. The van der Waals surface area contributed by atoms with Gasteiger partial charge in [-0.25, -0.2) is 0 Å². The number of aromatic nitrogens is 5. The minimum atomic E-state index is -0.161. The summed E-state index contributed by atoms with van der Waals surface area (Å²) >= 11 is 1.14. The molecule has 1 aromatic carbocycles. The van der Waals surface area contributed by atoms with Gasteiger partial charge in [-0.2, -0.15) is 13.8 Å². The Hall–Kier alpha value is -3.13. The number of carbonyl (C=O) groups excluding carboxylic acids is 1. The van der Waals surface area contributed by atoms with Crippen LogP contribution in [0.15, 0.2) is 48.8 Å². The van der Waals surface area contributed by atoms with Crippen LogP contribution in [0.1, 0.15) is 16.1 Å². The van der Waals surface area contributed by atoms with E-state index in [1.807, 2.05) is 25.2 Å². The number of hydrogen-bond acceptors (Lipinski definition) is 6. The summed E-state index contributed by atoms with van der Waals surface area (Å²) in [6, 6.07) is 11.1. The van der Waals surface area contributed by atoms with Gasteiger partial charge in [-0.3, -0.25) is 14.5 Å². The third-order valence-electron chi connectivity index (χ3n) is 3.85. The first-order valence-electron chi connectivity index (χ1n) is 7.64. The number of nitrogens with zero attached hydrogens (tertiary/aromatic N) is 5. The lowest BCUT2D eigenvalue weighted by Gasteiger charge is -2.03. The van der Waals surface area contributed by atoms with Crippen LogP contribution in [0.2, 0.25) is 0 Å². The number of rotatable bonds is 4. The summed E-state index contributed by atoms with van der Waals surface area (Å²) in [6.07, 6.45) is 3.49. The highest BCUT2D eigenvalue weighted by Gasteiger charge is 2.11. The summed E-state index contributed by atoms with van der Waals surface area (Å²) in [7, 11) is 1.88.